The van der Waals surface area contributed by atoms with Gasteiger partial charge in [-0.25, -0.2) is 0 Å². The van der Waals surface area contributed by atoms with Crippen LogP contribution in [0.4, 0.5) is 11.4 Å². The zero-order valence-electron chi connectivity index (χ0n) is 31.0. The number of phenolic OH excluding ortho intramolecular Hbond substituents is 1. The highest BCUT2D eigenvalue weighted by atomic mass is 16.3. The number of benzene rings is 4. The molecule has 3 amide bonds. The lowest BCUT2D eigenvalue weighted by Crippen LogP contribution is -2.52. The van der Waals surface area contributed by atoms with Crippen molar-refractivity contribution < 1.29 is 19.5 Å². The smallest absolute Gasteiger partial charge is 0.255 e. The second-order valence-corrected chi connectivity index (χ2v) is 15.2. The van der Waals surface area contributed by atoms with Gasteiger partial charge in [0, 0.05) is 62.1 Å². The molecule has 3 saturated heterocycles. The highest BCUT2D eigenvalue weighted by molar-refractivity contribution is 6.05. The summed E-state index contributed by atoms with van der Waals surface area (Å²) in [6.07, 6.45) is 4.91. The molecule has 2 unspecified atom stereocenters. The minimum absolute atomic E-state index is 0.128. The summed E-state index contributed by atoms with van der Waals surface area (Å²) in [7, 11) is 0. The second kappa shape index (κ2) is 15.5. The molecule has 0 radical (unpaired) electrons. The van der Waals surface area contributed by atoms with Crippen molar-refractivity contribution in [3.63, 3.8) is 0 Å². The number of rotatable bonds is 10. The van der Waals surface area contributed by atoms with Crippen molar-refractivity contribution >= 4 is 40.2 Å². The molecule has 0 aromatic heterocycles. The third kappa shape index (κ3) is 7.37. The Hall–Kier alpha value is -5.41. The first-order valence-corrected chi connectivity index (χ1v) is 19.5. The zero-order chi connectivity index (χ0) is 37.2. The Morgan fingerprint density at radius 3 is 2.17 bits per heavy atom. The first kappa shape index (κ1) is 35.6. The maximum atomic E-state index is 13.1. The summed E-state index contributed by atoms with van der Waals surface area (Å²) >= 11 is 0. The summed E-state index contributed by atoms with van der Waals surface area (Å²) in [6, 6.07) is 33.0. The van der Waals surface area contributed by atoms with Crippen LogP contribution in [0.5, 0.6) is 5.75 Å². The van der Waals surface area contributed by atoms with Gasteiger partial charge < -0.3 is 25.1 Å². The van der Waals surface area contributed by atoms with Gasteiger partial charge in [-0.05, 0) is 120 Å². The molecular formula is C45H49N5O4. The SMILES string of the molecule is CCC(=C(c1ccc(O)cc1)c1ccc(N2CCC(CNC3CCN(c4ccc5c(c4)CN(C4CCC(=O)NC4=O)C5=O)C3)CC2)cc1)c1ccccc1. The van der Waals surface area contributed by atoms with Crippen molar-refractivity contribution in [1.82, 2.24) is 15.5 Å². The van der Waals surface area contributed by atoms with Crippen molar-refractivity contribution in [1.29, 1.82) is 0 Å². The van der Waals surface area contributed by atoms with Crippen LogP contribution in [0.25, 0.3) is 11.1 Å². The number of hydrogen-bond donors (Lipinski definition) is 3. The van der Waals surface area contributed by atoms with E-state index in [0.717, 1.165) is 75.2 Å². The summed E-state index contributed by atoms with van der Waals surface area (Å²) in [6.45, 7) is 7.60. The van der Waals surface area contributed by atoms with E-state index in [-0.39, 0.29) is 29.9 Å². The number of hydrogen-bond acceptors (Lipinski definition) is 7. The number of nitrogens with zero attached hydrogens (tertiary/aromatic N) is 3. The number of amides is 3. The minimum Gasteiger partial charge on any atom is -0.508 e. The second-order valence-electron chi connectivity index (χ2n) is 15.2. The lowest BCUT2D eigenvalue weighted by molar-refractivity contribution is -0.136. The molecular weight excluding hydrogens is 675 g/mol. The van der Waals surface area contributed by atoms with E-state index in [4.69, 9.17) is 0 Å². The van der Waals surface area contributed by atoms with Crippen LogP contribution in [0.1, 0.15) is 78.1 Å². The molecule has 9 heteroatoms. The molecule has 9 nitrogen and oxygen atoms in total. The Balaban J connectivity index is 0.846. The number of nitrogens with one attached hydrogen (secondary N) is 2. The van der Waals surface area contributed by atoms with Gasteiger partial charge in [0.25, 0.3) is 5.91 Å². The van der Waals surface area contributed by atoms with E-state index in [0.29, 0.717) is 30.5 Å². The fraction of sp³-hybridized carbons (Fsp3) is 0.356. The Morgan fingerprint density at radius 1 is 0.778 bits per heavy atom. The number of allylic oxidation sites excluding steroid dienone is 1. The van der Waals surface area contributed by atoms with Gasteiger partial charge in [-0.2, -0.15) is 0 Å². The minimum atomic E-state index is -0.591. The molecule has 54 heavy (non-hydrogen) atoms. The van der Waals surface area contributed by atoms with Gasteiger partial charge in [-0.15, -0.1) is 0 Å². The van der Waals surface area contributed by atoms with Crippen LogP contribution in [-0.4, -0.2) is 72.5 Å². The van der Waals surface area contributed by atoms with Gasteiger partial charge in [0.15, 0.2) is 0 Å². The Kier molecular flexibility index (Phi) is 10.2. The van der Waals surface area contributed by atoms with Crippen LogP contribution in [0.15, 0.2) is 97.1 Å². The van der Waals surface area contributed by atoms with Crippen molar-refractivity contribution in [3.8, 4) is 5.75 Å². The fourth-order valence-corrected chi connectivity index (χ4v) is 8.79. The third-order valence-electron chi connectivity index (χ3n) is 11.8. The Labute approximate surface area is 317 Å². The van der Waals surface area contributed by atoms with E-state index >= 15 is 0 Å². The molecule has 8 rings (SSSR count). The number of imide groups is 1. The number of aromatic hydroxyl groups is 1. The van der Waals surface area contributed by atoms with Gasteiger partial charge in [-0.1, -0.05) is 61.5 Å². The summed E-state index contributed by atoms with van der Waals surface area (Å²) < 4.78 is 0. The molecule has 3 N–H and O–H groups in total. The highest BCUT2D eigenvalue weighted by Gasteiger charge is 2.39. The molecule has 0 bridgehead atoms. The number of phenols is 1. The van der Waals surface area contributed by atoms with E-state index in [2.05, 4.69) is 88.0 Å². The van der Waals surface area contributed by atoms with Crippen LogP contribution in [0, 0.1) is 5.92 Å². The van der Waals surface area contributed by atoms with E-state index < -0.39 is 6.04 Å². The van der Waals surface area contributed by atoms with E-state index in [9.17, 15) is 19.5 Å². The van der Waals surface area contributed by atoms with E-state index in [1.165, 1.54) is 28.0 Å². The van der Waals surface area contributed by atoms with Crippen LogP contribution < -0.4 is 20.4 Å². The number of carbonyl (C=O) groups is 3. The zero-order valence-corrected chi connectivity index (χ0v) is 31.0. The largest absolute Gasteiger partial charge is 0.508 e. The highest BCUT2D eigenvalue weighted by Crippen LogP contribution is 2.37. The number of anilines is 2. The summed E-state index contributed by atoms with van der Waals surface area (Å²) in [5.74, 6) is 0.136. The van der Waals surface area contributed by atoms with Gasteiger partial charge in [0.05, 0.1) is 0 Å². The summed E-state index contributed by atoms with van der Waals surface area (Å²) in [5, 5.41) is 16.3. The molecule has 4 heterocycles. The van der Waals surface area contributed by atoms with Crippen molar-refractivity contribution in [2.45, 2.75) is 64.1 Å². The van der Waals surface area contributed by atoms with E-state index in [1.807, 2.05) is 24.3 Å². The molecule has 4 aromatic carbocycles. The fourth-order valence-electron chi connectivity index (χ4n) is 8.79. The molecule has 2 atom stereocenters. The first-order valence-electron chi connectivity index (χ1n) is 19.5. The lowest BCUT2D eigenvalue weighted by atomic mass is 9.88. The maximum Gasteiger partial charge on any atom is 0.255 e. The number of fused-ring (bicyclic) bond motifs is 1. The number of piperidine rings is 2. The van der Waals surface area contributed by atoms with Gasteiger partial charge >= 0.3 is 0 Å². The summed E-state index contributed by atoms with van der Waals surface area (Å²) in [4.78, 5) is 43.8. The standard InChI is InChI=1S/C45H49N5O4/c1-2-39(31-6-4-3-5-7-31)43(33-10-15-38(51)16-11-33)32-8-12-36(13-9-32)48-23-20-30(21-24-48)27-46-35-22-25-49(29-35)37-14-17-40-34(26-37)28-50(45(40)54)41-18-19-42(52)47-44(41)53/h3-17,26,30,35,41,46,51H,2,18-25,27-29H2,1H3,(H,47,52,53). The normalized spacial score (nSPS) is 21.0. The van der Waals surface area contributed by atoms with E-state index in [1.54, 1.807) is 17.0 Å². The van der Waals surface area contributed by atoms with Crippen LogP contribution in [-0.2, 0) is 16.1 Å². The third-order valence-corrected chi connectivity index (χ3v) is 11.8. The monoisotopic (exact) mass is 723 g/mol. The average Bonchev–Trinajstić information content (AvgIpc) is 3.81. The predicted molar refractivity (Wildman–Crippen MR) is 213 cm³/mol. The number of carbonyl (C=O) groups excluding carboxylic acids is 3. The predicted octanol–water partition coefficient (Wildman–Crippen LogP) is 6.61. The molecule has 4 aromatic rings. The van der Waals surface area contributed by atoms with Crippen LogP contribution >= 0.6 is 0 Å². The van der Waals surface area contributed by atoms with Crippen LogP contribution in [0.2, 0.25) is 0 Å². The summed E-state index contributed by atoms with van der Waals surface area (Å²) in [5.41, 5.74) is 9.97. The Morgan fingerprint density at radius 2 is 1.46 bits per heavy atom. The molecule has 0 saturated carbocycles. The van der Waals surface area contributed by atoms with Gasteiger partial charge in [-0.3, -0.25) is 19.7 Å². The van der Waals surface area contributed by atoms with Gasteiger partial charge in [0.2, 0.25) is 11.8 Å². The van der Waals surface area contributed by atoms with Gasteiger partial charge in [0.1, 0.15) is 11.8 Å². The lowest BCUT2D eigenvalue weighted by Gasteiger charge is -2.34. The molecule has 4 aliphatic heterocycles. The topological polar surface area (TPSA) is 105 Å². The molecule has 278 valence electrons. The maximum absolute atomic E-state index is 13.1. The average molecular weight is 724 g/mol. The molecule has 0 aliphatic carbocycles. The molecule has 3 fully saturated rings. The van der Waals surface area contributed by atoms with Crippen molar-refractivity contribution in [3.05, 3.63) is 125 Å². The van der Waals surface area contributed by atoms with Crippen LogP contribution in [0.3, 0.4) is 0 Å². The first-order chi connectivity index (χ1) is 26.3. The van der Waals surface area contributed by atoms with Crippen molar-refractivity contribution in [2.24, 2.45) is 5.92 Å². The molecule has 0 spiro atoms. The Bertz CT molecular complexity index is 2040. The van der Waals surface area contributed by atoms with Crippen molar-refractivity contribution in [2.75, 3.05) is 42.5 Å². The molecule has 4 aliphatic rings. The quantitative estimate of drug-likeness (QED) is 0.125.